The van der Waals surface area contributed by atoms with E-state index in [9.17, 15) is 55.5 Å². The number of benzene rings is 1. The molecule has 9 N–H and O–H groups in total. The zero-order valence-corrected chi connectivity index (χ0v) is 29.9. The van der Waals surface area contributed by atoms with Crippen LogP contribution < -0.4 is 0 Å². The summed E-state index contributed by atoms with van der Waals surface area (Å²) in [5.41, 5.74) is -2.93. The predicted molar refractivity (Wildman–Crippen MR) is 180 cm³/mol. The normalized spacial score (nSPS) is 44.1. The first-order valence-electron chi connectivity index (χ1n) is 18.4. The first-order chi connectivity index (χ1) is 25.5. The minimum Gasteiger partial charge on any atom is -0.511 e. The second kappa shape index (κ2) is 14.8. The van der Waals surface area contributed by atoms with E-state index in [0.717, 1.165) is 0 Å². The molecule has 3 aliphatic carbocycles. The van der Waals surface area contributed by atoms with E-state index in [4.69, 9.17) is 28.4 Å². The monoisotopic (exact) mass is 764 g/mol. The van der Waals surface area contributed by atoms with Crippen molar-refractivity contribution in [1.82, 2.24) is 0 Å². The Balaban J connectivity index is 1.06. The van der Waals surface area contributed by atoms with Crippen LogP contribution in [-0.4, -0.2) is 143 Å². The number of fused-ring (bicyclic) bond motifs is 3. The highest BCUT2D eigenvalue weighted by Crippen LogP contribution is 2.52. The van der Waals surface area contributed by atoms with Gasteiger partial charge in [-0.25, -0.2) is 0 Å². The lowest BCUT2D eigenvalue weighted by Crippen LogP contribution is -2.57. The summed E-state index contributed by atoms with van der Waals surface area (Å²) in [7, 11) is 0. The molecule has 3 saturated heterocycles. The molecule has 17 nitrogen and oxygen atoms in total. The number of aliphatic hydroxyl groups excluding tert-OH is 7. The Morgan fingerprint density at radius 3 is 1.91 bits per heavy atom. The van der Waals surface area contributed by atoms with E-state index in [0.29, 0.717) is 6.42 Å². The van der Waals surface area contributed by atoms with Crippen LogP contribution >= 0.6 is 0 Å². The van der Waals surface area contributed by atoms with Gasteiger partial charge in [-0.15, -0.1) is 0 Å². The molecule has 1 aromatic rings. The van der Waals surface area contributed by atoms with Gasteiger partial charge in [-0.3, -0.25) is 9.59 Å². The number of aromatic hydroxyl groups is 1. The number of carbonyl (C=O) groups is 2. The molecule has 0 amide bonds. The number of aliphatic hydroxyl groups is 8. The van der Waals surface area contributed by atoms with Crippen LogP contribution in [0.4, 0.5) is 0 Å². The van der Waals surface area contributed by atoms with Crippen LogP contribution in [-0.2, 0) is 28.4 Å². The number of carbonyl (C=O) groups excluding carboxylic acids is 2. The van der Waals surface area contributed by atoms with Crippen LogP contribution in [0.2, 0.25) is 0 Å². The number of Topliss-reactive ketones (excluding diaryl/α,β-unsaturated/α-hetero) is 2. The average Bonchev–Trinajstić information content (AvgIpc) is 3.11. The Hall–Kier alpha value is -3.04. The molecule has 4 fully saturated rings. The summed E-state index contributed by atoms with van der Waals surface area (Å²) >= 11 is 0. The zero-order valence-electron chi connectivity index (χ0n) is 29.9. The van der Waals surface area contributed by atoms with Gasteiger partial charge in [0.25, 0.3) is 0 Å². The molecule has 298 valence electrons. The molecule has 3 aliphatic heterocycles. The topological polar surface area (TPSA) is 272 Å². The van der Waals surface area contributed by atoms with E-state index >= 15 is 0 Å². The maximum absolute atomic E-state index is 13.7. The van der Waals surface area contributed by atoms with Crippen LogP contribution in [0.3, 0.4) is 0 Å². The third-order valence-electron chi connectivity index (χ3n) is 11.7. The Labute approximate surface area is 309 Å². The van der Waals surface area contributed by atoms with Gasteiger partial charge in [-0.05, 0) is 32.8 Å². The number of ether oxygens (including phenoxy) is 6. The largest absolute Gasteiger partial charge is 0.511 e. The number of phenols is 1. The van der Waals surface area contributed by atoms with Gasteiger partial charge in [0.15, 0.2) is 36.7 Å². The lowest BCUT2D eigenvalue weighted by molar-refractivity contribution is -0.343. The molecular weight excluding hydrogens is 716 g/mol. The molecular formula is C37H48O17. The molecule has 0 spiro atoms. The summed E-state index contributed by atoms with van der Waals surface area (Å²) in [4.78, 5) is 27.4. The molecule has 16 atom stereocenters. The smallest absolute Gasteiger partial charge is 0.183 e. The third kappa shape index (κ3) is 6.67. The molecule has 0 bridgehead atoms. The number of allylic oxidation sites excluding steroid dienone is 2. The number of ketones is 2. The van der Waals surface area contributed by atoms with Gasteiger partial charge >= 0.3 is 0 Å². The van der Waals surface area contributed by atoms with Crippen molar-refractivity contribution in [3.8, 4) is 5.75 Å². The van der Waals surface area contributed by atoms with Crippen molar-refractivity contribution in [1.29, 1.82) is 0 Å². The van der Waals surface area contributed by atoms with Crippen LogP contribution in [0, 0.1) is 11.8 Å². The Morgan fingerprint density at radius 1 is 0.741 bits per heavy atom. The Bertz CT molecular complexity index is 1670. The zero-order chi connectivity index (χ0) is 39.0. The van der Waals surface area contributed by atoms with Crippen LogP contribution in [0.25, 0.3) is 0 Å². The lowest BCUT2D eigenvalue weighted by Gasteiger charge is -2.48. The molecule has 3 heterocycles. The highest BCUT2D eigenvalue weighted by atomic mass is 16.8. The van der Waals surface area contributed by atoms with Gasteiger partial charge in [-0.2, -0.15) is 0 Å². The van der Waals surface area contributed by atoms with Crippen molar-refractivity contribution in [3.05, 3.63) is 52.0 Å². The van der Waals surface area contributed by atoms with E-state index in [-0.39, 0.29) is 54.4 Å². The van der Waals surface area contributed by atoms with E-state index in [1.54, 1.807) is 20.8 Å². The molecule has 0 radical (unpaired) electrons. The quantitative estimate of drug-likeness (QED) is 0.183. The average molecular weight is 765 g/mol. The van der Waals surface area contributed by atoms with Gasteiger partial charge < -0.3 is 74.4 Å². The molecule has 17 heteroatoms. The number of hydrogen-bond acceptors (Lipinski definition) is 17. The second-order valence-electron chi connectivity index (χ2n) is 15.1. The predicted octanol–water partition coefficient (Wildman–Crippen LogP) is 0.510. The van der Waals surface area contributed by atoms with Gasteiger partial charge in [0.05, 0.1) is 53.5 Å². The number of hydrogen-bond donors (Lipinski definition) is 9. The van der Waals surface area contributed by atoms with Gasteiger partial charge in [0.2, 0.25) is 0 Å². The minimum absolute atomic E-state index is 0.0344. The fourth-order valence-corrected chi connectivity index (χ4v) is 8.70. The maximum Gasteiger partial charge on any atom is 0.183 e. The molecule has 1 aromatic carbocycles. The fourth-order valence-electron chi connectivity index (χ4n) is 8.70. The van der Waals surface area contributed by atoms with E-state index in [2.05, 4.69) is 0 Å². The molecule has 1 saturated carbocycles. The first-order valence-corrected chi connectivity index (χ1v) is 18.4. The second-order valence-corrected chi connectivity index (χ2v) is 15.1. The summed E-state index contributed by atoms with van der Waals surface area (Å²) in [6, 6.07) is 3.91. The lowest BCUT2D eigenvalue weighted by atomic mass is 9.62. The summed E-state index contributed by atoms with van der Waals surface area (Å²) in [5.74, 6) is -6.71. The van der Waals surface area contributed by atoms with Crippen molar-refractivity contribution in [2.24, 2.45) is 11.8 Å². The maximum atomic E-state index is 13.7. The summed E-state index contributed by atoms with van der Waals surface area (Å²) in [6.45, 7) is 4.87. The van der Waals surface area contributed by atoms with Crippen molar-refractivity contribution in [2.75, 3.05) is 0 Å². The van der Waals surface area contributed by atoms with Crippen molar-refractivity contribution in [3.63, 3.8) is 0 Å². The van der Waals surface area contributed by atoms with E-state index < -0.39 is 126 Å². The van der Waals surface area contributed by atoms with Gasteiger partial charge in [0.1, 0.15) is 41.7 Å². The van der Waals surface area contributed by atoms with Crippen molar-refractivity contribution in [2.45, 2.75) is 145 Å². The van der Waals surface area contributed by atoms with E-state index in [1.165, 1.54) is 18.2 Å². The third-order valence-corrected chi connectivity index (χ3v) is 11.7. The standard InChI is InChI=1S/C37H48O17/c1-4-37(48)12-20(25-28(35(37)46)32(45)26-27(31(25)44)30(43)24-15(29(26)42)6-5-7-16(24)38)51-22-10-18(40)34(14(3)49-22)53-23-11-19(41)33(13(2)50-23)52-21-9-8-17(39)36(47)54-21/h5-7,13-14,17-23,26-27,33-36,38-41,44-48H,4,8-12H2,1-3H3. The van der Waals surface area contributed by atoms with Crippen LogP contribution in [0.15, 0.2) is 40.9 Å². The van der Waals surface area contributed by atoms with Gasteiger partial charge in [0, 0.05) is 42.4 Å². The molecule has 6 aliphatic rings. The summed E-state index contributed by atoms with van der Waals surface area (Å²) in [5, 5.41) is 98.4. The van der Waals surface area contributed by atoms with Gasteiger partial charge in [-0.1, -0.05) is 19.1 Å². The van der Waals surface area contributed by atoms with Crippen LogP contribution in [0.1, 0.15) is 80.0 Å². The Morgan fingerprint density at radius 2 is 1.31 bits per heavy atom. The summed E-state index contributed by atoms with van der Waals surface area (Å²) in [6.07, 6.45) is -14.2. The molecule has 16 unspecified atom stereocenters. The number of phenolic OH excluding ortho intramolecular Hbond substituents is 1. The summed E-state index contributed by atoms with van der Waals surface area (Å²) < 4.78 is 35.5. The van der Waals surface area contributed by atoms with Crippen molar-refractivity contribution >= 4 is 11.6 Å². The molecule has 0 aromatic heterocycles. The minimum atomic E-state index is -1.91. The van der Waals surface area contributed by atoms with Crippen LogP contribution in [0.5, 0.6) is 5.75 Å². The van der Waals surface area contributed by atoms with E-state index in [1.807, 2.05) is 0 Å². The fraction of sp³-hybridized carbons (Fsp3) is 0.676. The molecule has 54 heavy (non-hydrogen) atoms. The highest BCUT2D eigenvalue weighted by molar-refractivity contribution is 6.19. The Kier molecular flexibility index (Phi) is 10.7. The first kappa shape index (κ1) is 39.2. The van der Waals surface area contributed by atoms with Crippen molar-refractivity contribution < 1.29 is 84.0 Å². The molecule has 7 rings (SSSR count). The number of rotatable bonds is 7. The SMILES string of the molecule is CCC1(O)CC(OC2CC(O)C(OC3CC(O)C(OC4CCC(O)C(O)O4)C(C)O3)C(C)O2)C2=C(O)C3C(=O)c4c(O)cccc4C(=O)C3C(O)=C2C1O. The highest BCUT2D eigenvalue weighted by Gasteiger charge is 2.58.